The van der Waals surface area contributed by atoms with Crippen molar-refractivity contribution in [1.82, 2.24) is 10.2 Å². The number of carbonyl (C=O) groups is 4. The lowest BCUT2D eigenvalue weighted by Crippen LogP contribution is -2.54. The Bertz CT molecular complexity index is 727. The SMILES string of the molecule is COC(C)c1ccc2c(c1)C(=O)N(C1CCC(=O)NC1=O)C2=O. The zero-order valence-electron chi connectivity index (χ0n) is 12.8. The average Bonchev–Trinajstić information content (AvgIpc) is 2.78. The van der Waals surface area contributed by atoms with E-state index in [0.717, 1.165) is 10.5 Å². The Kier molecular flexibility index (Phi) is 3.73. The van der Waals surface area contributed by atoms with Crippen LogP contribution < -0.4 is 5.32 Å². The minimum Gasteiger partial charge on any atom is -0.377 e. The van der Waals surface area contributed by atoms with Crippen LogP contribution >= 0.6 is 0 Å². The van der Waals surface area contributed by atoms with Crippen LogP contribution in [0.4, 0.5) is 0 Å². The van der Waals surface area contributed by atoms with Gasteiger partial charge in [-0.25, -0.2) is 0 Å². The van der Waals surface area contributed by atoms with E-state index in [0.29, 0.717) is 0 Å². The molecule has 0 aliphatic carbocycles. The molecule has 1 saturated heterocycles. The van der Waals surface area contributed by atoms with Gasteiger partial charge in [0.05, 0.1) is 17.2 Å². The molecular weight excluding hydrogens is 300 g/mol. The Labute approximate surface area is 132 Å². The van der Waals surface area contributed by atoms with Crippen molar-refractivity contribution in [1.29, 1.82) is 0 Å². The highest BCUT2D eigenvalue weighted by molar-refractivity contribution is 6.23. The maximum absolute atomic E-state index is 12.6. The Balaban J connectivity index is 1.94. The lowest BCUT2D eigenvalue weighted by Gasteiger charge is -2.27. The average molecular weight is 316 g/mol. The Morgan fingerprint density at radius 2 is 1.87 bits per heavy atom. The summed E-state index contributed by atoms with van der Waals surface area (Å²) in [4.78, 5) is 49.2. The van der Waals surface area contributed by atoms with Crippen LogP contribution in [0.15, 0.2) is 18.2 Å². The van der Waals surface area contributed by atoms with Crippen LogP contribution in [0.1, 0.15) is 52.1 Å². The van der Waals surface area contributed by atoms with Crippen LogP contribution in [0.5, 0.6) is 0 Å². The summed E-state index contributed by atoms with van der Waals surface area (Å²) in [5.41, 5.74) is 1.31. The first-order valence-electron chi connectivity index (χ1n) is 7.32. The number of methoxy groups -OCH3 is 1. The topological polar surface area (TPSA) is 92.8 Å². The fourth-order valence-corrected chi connectivity index (χ4v) is 2.88. The van der Waals surface area contributed by atoms with Crippen molar-refractivity contribution in [3.63, 3.8) is 0 Å². The predicted octanol–water partition coefficient (Wildman–Crippen LogP) is 0.795. The summed E-state index contributed by atoms with van der Waals surface area (Å²) >= 11 is 0. The van der Waals surface area contributed by atoms with Gasteiger partial charge in [0.1, 0.15) is 6.04 Å². The van der Waals surface area contributed by atoms with Gasteiger partial charge < -0.3 is 4.74 Å². The molecule has 0 bridgehead atoms. The first-order valence-corrected chi connectivity index (χ1v) is 7.32. The Morgan fingerprint density at radius 1 is 1.17 bits per heavy atom. The fourth-order valence-electron chi connectivity index (χ4n) is 2.88. The van der Waals surface area contributed by atoms with Crippen LogP contribution in [0.3, 0.4) is 0 Å². The number of rotatable bonds is 3. The summed E-state index contributed by atoms with van der Waals surface area (Å²) in [6.07, 6.45) is 0.0422. The summed E-state index contributed by atoms with van der Waals surface area (Å²) in [6.45, 7) is 1.83. The van der Waals surface area contributed by atoms with E-state index in [1.807, 2.05) is 6.92 Å². The molecule has 7 heteroatoms. The van der Waals surface area contributed by atoms with Gasteiger partial charge >= 0.3 is 0 Å². The zero-order chi connectivity index (χ0) is 16.7. The van der Waals surface area contributed by atoms with Crippen molar-refractivity contribution in [3.8, 4) is 0 Å². The van der Waals surface area contributed by atoms with Gasteiger partial charge in [-0.3, -0.25) is 29.4 Å². The van der Waals surface area contributed by atoms with Crippen LogP contribution in [0, 0.1) is 0 Å². The maximum Gasteiger partial charge on any atom is 0.262 e. The number of ether oxygens (including phenoxy) is 1. The lowest BCUT2D eigenvalue weighted by atomic mass is 10.0. The van der Waals surface area contributed by atoms with Crippen molar-refractivity contribution in [2.24, 2.45) is 0 Å². The number of imide groups is 2. The summed E-state index contributed by atoms with van der Waals surface area (Å²) in [7, 11) is 1.56. The van der Waals surface area contributed by atoms with E-state index in [-0.39, 0.29) is 36.0 Å². The second kappa shape index (κ2) is 5.58. The van der Waals surface area contributed by atoms with E-state index in [1.165, 1.54) is 0 Å². The van der Waals surface area contributed by atoms with Gasteiger partial charge in [-0.2, -0.15) is 0 Å². The second-order valence-electron chi connectivity index (χ2n) is 5.63. The van der Waals surface area contributed by atoms with Crippen molar-refractivity contribution in [3.05, 3.63) is 34.9 Å². The summed E-state index contributed by atoms with van der Waals surface area (Å²) in [5.74, 6) is -2.01. The highest BCUT2D eigenvalue weighted by atomic mass is 16.5. The van der Waals surface area contributed by atoms with E-state index in [2.05, 4.69) is 5.32 Å². The van der Waals surface area contributed by atoms with Gasteiger partial charge in [-0.1, -0.05) is 6.07 Å². The number of benzene rings is 1. The molecule has 7 nitrogen and oxygen atoms in total. The quantitative estimate of drug-likeness (QED) is 0.833. The molecule has 2 aliphatic heterocycles. The molecule has 23 heavy (non-hydrogen) atoms. The lowest BCUT2D eigenvalue weighted by molar-refractivity contribution is -0.136. The Morgan fingerprint density at radius 3 is 2.52 bits per heavy atom. The smallest absolute Gasteiger partial charge is 0.262 e. The van der Waals surface area contributed by atoms with Crippen LogP contribution in [-0.2, 0) is 14.3 Å². The molecule has 0 radical (unpaired) electrons. The molecule has 2 atom stereocenters. The molecule has 2 heterocycles. The monoisotopic (exact) mass is 316 g/mol. The van der Waals surface area contributed by atoms with Gasteiger partial charge in [0, 0.05) is 13.5 Å². The molecule has 1 aromatic carbocycles. The number of carbonyl (C=O) groups excluding carboxylic acids is 4. The molecule has 0 spiro atoms. The van der Waals surface area contributed by atoms with E-state index in [4.69, 9.17) is 4.74 Å². The van der Waals surface area contributed by atoms with E-state index in [1.54, 1.807) is 25.3 Å². The molecule has 1 aromatic rings. The van der Waals surface area contributed by atoms with Crippen molar-refractivity contribution in [2.75, 3.05) is 7.11 Å². The molecule has 120 valence electrons. The number of fused-ring (bicyclic) bond motifs is 1. The van der Waals surface area contributed by atoms with E-state index in [9.17, 15) is 19.2 Å². The minimum absolute atomic E-state index is 0.107. The first-order chi connectivity index (χ1) is 10.9. The van der Waals surface area contributed by atoms with Crippen molar-refractivity contribution in [2.45, 2.75) is 31.9 Å². The number of nitrogens with zero attached hydrogens (tertiary/aromatic N) is 1. The van der Waals surface area contributed by atoms with Crippen molar-refractivity contribution < 1.29 is 23.9 Å². The molecule has 3 rings (SSSR count). The number of nitrogens with one attached hydrogen (secondary N) is 1. The molecule has 1 fully saturated rings. The summed E-state index contributed by atoms with van der Waals surface area (Å²) in [6, 6.07) is 3.98. The molecule has 1 N–H and O–H groups in total. The highest BCUT2D eigenvalue weighted by Crippen LogP contribution is 2.30. The first kappa shape index (κ1) is 15.4. The number of amides is 4. The predicted molar refractivity (Wildman–Crippen MR) is 78.5 cm³/mol. The second-order valence-corrected chi connectivity index (χ2v) is 5.63. The zero-order valence-corrected chi connectivity index (χ0v) is 12.8. The van der Waals surface area contributed by atoms with Crippen LogP contribution in [-0.4, -0.2) is 41.7 Å². The van der Waals surface area contributed by atoms with E-state index >= 15 is 0 Å². The third kappa shape index (κ3) is 2.43. The normalized spacial score (nSPS) is 22.2. The minimum atomic E-state index is -0.941. The van der Waals surface area contributed by atoms with Gasteiger partial charge in [0.25, 0.3) is 11.8 Å². The molecule has 0 aromatic heterocycles. The fraction of sp³-hybridized carbons (Fsp3) is 0.375. The third-order valence-electron chi connectivity index (χ3n) is 4.29. The van der Waals surface area contributed by atoms with Crippen LogP contribution in [0.25, 0.3) is 0 Å². The maximum atomic E-state index is 12.6. The molecule has 2 aliphatic rings. The van der Waals surface area contributed by atoms with Crippen LogP contribution in [0.2, 0.25) is 0 Å². The number of hydrogen-bond donors (Lipinski definition) is 1. The summed E-state index contributed by atoms with van der Waals surface area (Å²) < 4.78 is 5.22. The number of piperidine rings is 1. The molecule has 4 amide bonds. The van der Waals surface area contributed by atoms with Gasteiger partial charge in [-0.15, -0.1) is 0 Å². The highest BCUT2D eigenvalue weighted by Gasteiger charge is 2.44. The van der Waals surface area contributed by atoms with Gasteiger partial charge in [0.2, 0.25) is 11.8 Å². The summed E-state index contributed by atoms with van der Waals surface area (Å²) in [5, 5.41) is 2.17. The molecule has 2 unspecified atom stereocenters. The Hall–Kier alpha value is -2.54. The standard InChI is InChI=1S/C16H16N2O5/c1-8(23-2)9-3-4-10-11(7-9)16(22)18(15(10)21)12-5-6-13(19)17-14(12)20/h3-4,7-8,12H,5-6H2,1-2H3,(H,17,19,20). The molecular formula is C16H16N2O5. The van der Waals surface area contributed by atoms with E-state index < -0.39 is 23.8 Å². The van der Waals surface area contributed by atoms with Gasteiger partial charge in [0.15, 0.2) is 0 Å². The number of hydrogen-bond acceptors (Lipinski definition) is 5. The third-order valence-corrected chi connectivity index (χ3v) is 4.29. The molecule has 0 saturated carbocycles. The van der Waals surface area contributed by atoms with Gasteiger partial charge in [-0.05, 0) is 31.0 Å². The van der Waals surface area contributed by atoms with Crippen molar-refractivity contribution >= 4 is 23.6 Å². The largest absolute Gasteiger partial charge is 0.377 e.